The summed E-state index contributed by atoms with van der Waals surface area (Å²) < 4.78 is 0. The third kappa shape index (κ3) is 2.53. The van der Waals surface area contributed by atoms with Gasteiger partial charge in [0.1, 0.15) is 0 Å². The van der Waals surface area contributed by atoms with E-state index in [1.165, 1.54) is 5.56 Å². The molecule has 0 saturated heterocycles. The van der Waals surface area contributed by atoms with Crippen LogP contribution in [0.1, 0.15) is 23.5 Å². The number of rotatable bonds is 3. The molecule has 2 nitrogen and oxygen atoms in total. The van der Waals surface area contributed by atoms with Gasteiger partial charge >= 0.3 is 0 Å². The Bertz CT molecular complexity index is 591. The average molecular weight is 251 g/mol. The van der Waals surface area contributed by atoms with E-state index in [1.807, 2.05) is 49.4 Å². The quantitative estimate of drug-likeness (QED) is 0.884. The molecule has 0 heterocycles. The van der Waals surface area contributed by atoms with Gasteiger partial charge in [0.2, 0.25) is 5.91 Å². The van der Waals surface area contributed by atoms with Gasteiger partial charge in [-0.15, -0.1) is 0 Å². The van der Waals surface area contributed by atoms with Crippen molar-refractivity contribution in [2.75, 3.05) is 5.32 Å². The maximum atomic E-state index is 12.2. The van der Waals surface area contributed by atoms with Gasteiger partial charge in [0.05, 0.1) is 0 Å². The molecule has 1 aliphatic rings. The van der Waals surface area contributed by atoms with E-state index in [0.717, 1.165) is 17.7 Å². The van der Waals surface area contributed by atoms with Crippen molar-refractivity contribution in [2.45, 2.75) is 19.3 Å². The van der Waals surface area contributed by atoms with Gasteiger partial charge < -0.3 is 5.32 Å². The van der Waals surface area contributed by atoms with Crippen LogP contribution in [0.2, 0.25) is 0 Å². The Morgan fingerprint density at radius 3 is 2.47 bits per heavy atom. The summed E-state index contributed by atoms with van der Waals surface area (Å²) in [4.78, 5) is 12.2. The molecule has 2 heteroatoms. The summed E-state index contributed by atoms with van der Waals surface area (Å²) in [5, 5.41) is 3.03. The molecule has 0 radical (unpaired) electrons. The van der Waals surface area contributed by atoms with E-state index in [9.17, 15) is 4.79 Å². The van der Waals surface area contributed by atoms with Crippen LogP contribution in [0.4, 0.5) is 5.69 Å². The molecule has 1 aliphatic carbocycles. The topological polar surface area (TPSA) is 29.1 Å². The number of aryl methyl sites for hydroxylation is 1. The molecule has 0 aliphatic heterocycles. The molecule has 2 unspecified atom stereocenters. The summed E-state index contributed by atoms with van der Waals surface area (Å²) in [6.45, 7) is 2.01. The predicted octanol–water partition coefficient (Wildman–Crippen LogP) is 3.74. The van der Waals surface area contributed by atoms with Crippen LogP contribution in [0, 0.1) is 12.8 Å². The molecule has 1 saturated carbocycles. The standard InChI is InChI=1S/C17H17NO/c1-12-7-5-6-10-16(12)18-17(19)15-11-14(15)13-8-3-2-4-9-13/h2-10,14-15H,11H2,1H3,(H,18,19). The van der Waals surface area contributed by atoms with Gasteiger partial charge in [-0.2, -0.15) is 0 Å². The fraction of sp³-hybridized carbons (Fsp3) is 0.235. The van der Waals surface area contributed by atoms with Crippen molar-refractivity contribution in [3.8, 4) is 0 Å². The lowest BCUT2D eigenvalue weighted by molar-refractivity contribution is -0.117. The maximum absolute atomic E-state index is 12.2. The maximum Gasteiger partial charge on any atom is 0.228 e. The van der Waals surface area contributed by atoms with E-state index < -0.39 is 0 Å². The van der Waals surface area contributed by atoms with Crippen LogP contribution in [0.25, 0.3) is 0 Å². The minimum atomic E-state index is 0.127. The van der Waals surface area contributed by atoms with Gasteiger partial charge in [-0.3, -0.25) is 4.79 Å². The number of carbonyl (C=O) groups is 1. The van der Waals surface area contributed by atoms with Crippen LogP contribution in [0.3, 0.4) is 0 Å². The van der Waals surface area contributed by atoms with Gasteiger partial charge in [-0.25, -0.2) is 0 Å². The third-order valence-electron chi connectivity index (χ3n) is 3.76. The molecule has 0 bridgehead atoms. The van der Waals surface area contributed by atoms with Gasteiger partial charge in [0.25, 0.3) is 0 Å². The van der Waals surface area contributed by atoms with Crippen LogP contribution in [-0.4, -0.2) is 5.91 Å². The average Bonchev–Trinajstić information content (AvgIpc) is 3.23. The molecule has 96 valence electrons. The molecule has 0 spiro atoms. The van der Waals surface area contributed by atoms with Gasteiger partial charge in [0.15, 0.2) is 0 Å². The Labute approximate surface area is 113 Å². The molecular weight excluding hydrogens is 234 g/mol. The van der Waals surface area contributed by atoms with Gasteiger partial charge in [-0.05, 0) is 36.5 Å². The van der Waals surface area contributed by atoms with Crippen molar-refractivity contribution >= 4 is 11.6 Å². The smallest absolute Gasteiger partial charge is 0.228 e. The molecule has 19 heavy (non-hydrogen) atoms. The summed E-state index contributed by atoms with van der Waals surface area (Å²) in [5.74, 6) is 0.662. The Hall–Kier alpha value is -2.09. The van der Waals surface area contributed by atoms with Crippen molar-refractivity contribution in [1.82, 2.24) is 0 Å². The number of anilines is 1. The van der Waals surface area contributed by atoms with E-state index in [-0.39, 0.29) is 11.8 Å². The van der Waals surface area contributed by atoms with E-state index in [1.54, 1.807) is 0 Å². The summed E-state index contributed by atoms with van der Waals surface area (Å²) in [7, 11) is 0. The Balaban J connectivity index is 1.66. The molecule has 1 N–H and O–H groups in total. The highest BCUT2D eigenvalue weighted by Crippen LogP contribution is 2.47. The first kappa shape index (κ1) is 12.0. The fourth-order valence-electron chi connectivity index (χ4n) is 2.49. The van der Waals surface area contributed by atoms with E-state index in [4.69, 9.17) is 0 Å². The highest BCUT2D eigenvalue weighted by molar-refractivity contribution is 5.95. The van der Waals surface area contributed by atoms with Crippen LogP contribution >= 0.6 is 0 Å². The zero-order valence-corrected chi connectivity index (χ0v) is 11.0. The minimum Gasteiger partial charge on any atom is -0.326 e. The molecule has 1 amide bonds. The van der Waals surface area contributed by atoms with Crippen LogP contribution in [0.5, 0.6) is 0 Å². The first-order valence-corrected chi connectivity index (χ1v) is 6.67. The van der Waals surface area contributed by atoms with Crippen molar-refractivity contribution in [3.05, 3.63) is 65.7 Å². The lowest BCUT2D eigenvalue weighted by atomic mass is 10.1. The number of para-hydroxylation sites is 1. The van der Waals surface area contributed by atoms with E-state index in [2.05, 4.69) is 17.4 Å². The largest absolute Gasteiger partial charge is 0.326 e. The second-order valence-corrected chi connectivity index (χ2v) is 5.16. The van der Waals surface area contributed by atoms with Crippen molar-refractivity contribution in [3.63, 3.8) is 0 Å². The predicted molar refractivity (Wildman–Crippen MR) is 77.1 cm³/mol. The minimum absolute atomic E-state index is 0.127. The molecule has 1 fully saturated rings. The van der Waals surface area contributed by atoms with Crippen LogP contribution < -0.4 is 5.32 Å². The zero-order valence-electron chi connectivity index (χ0n) is 11.0. The molecular formula is C17H17NO. The monoisotopic (exact) mass is 251 g/mol. The molecule has 2 atom stereocenters. The lowest BCUT2D eigenvalue weighted by Gasteiger charge is -2.07. The summed E-state index contributed by atoms with van der Waals surface area (Å²) in [5.41, 5.74) is 3.30. The zero-order chi connectivity index (χ0) is 13.2. The highest BCUT2D eigenvalue weighted by Gasteiger charge is 2.43. The van der Waals surface area contributed by atoms with E-state index in [0.29, 0.717) is 5.92 Å². The number of hydrogen-bond donors (Lipinski definition) is 1. The fourth-order valence-corrected chi connectivity index (χ4v) is 2.49. The summed E-state index contributed by atoms with van der Waals surface area (Å²) >= 11 is 0. The van der Waals surface area contributed by atoms with Crippen molar-refractivity contribution < 1.29 is 4.79 Å². The number of hydrogen-bond acceptors (Lipinski definition) is 1. The van der Waals surface area contributed by atoms with Crippen LogP contribution in [-0.2, 0) is 4.79 Å². The molecule has 0 aromatic heterocycles. The summed E-state index contributed by atoms with van der Waals surface area (Å²) in [6.07, 6.45) is 0.960. The Morgan fingerprint density at radius 2 is 1.74 bits per heavy atom. The van der Waals surface area contributed by atoms with Crippen molar-refractivity contribution in [2.24, 2.45) is 5.92 Å². The first-order chi connectivity index (χ1) is 9.25. The molecule has 3 rings (SSSR count). The number of carbonyl (C=O) groups excluding carboxylic acids is 1. The highest BCUT2D eigenvalue weighted by atomic mass is 16.2. The number of amides is 1. The van der Waals surface area contributed by atoms with Gasteiger partial charge in [-0.1, -0.05) is 48.5 Å². The lowest BCUT2D eigenvalue weighted by Crippen LogP contribution is -2.15. The molecule has 2 aromatic carbocycles. The second-order valence-electron chi connectivity index (χ2n) is 5.16. The SMILES string of the molecule is Cc1ccccc1NC(=O)C1CC1c1ccccc1. The Morgan fingerprint density at radius 1 is 1.05 bits per heavy atom. The van der Waals surface area contributed by atoms with Crippen molar-refractivity contribution in [1.29, 1.82) is 0 Å². The second kappa shape index (κ2) is 4.88. The molecule has 2 aromatic rings. The Kier molecular flexibility index (Phi) is 3.08. The third-order valence-corrected chi connectivity index (χ3v) is 3.76. The van der Waals surface area contributed by atoms with E-state index >= 15 is 0 Å². The summed E-state index contributed by atoms with van der Waals surface area (Å²) in [6, 6.07) is 18.2. The van der Waals surface area contributed by atoms with Gasteiger partial charge in [0, 0.05) is 11.6 Å². The normalized spacial score (nSPS) is 20.9. The first-order valence-electron chi connectivity index (χ1n) is 6.67. The van der Waals surface area contributed by atoms with Crippen LogP contribution in [0.15, 0.2) is 54.6 Å². The number of nitrogens with one attached hydrogen (secondary N) is 1. The number of benzene rings is 2.